The molecular formula is C25H24F2N6Pd. The van der Waals surface area contributed by atoms with Crippen molar-refractivity contribution in [2.24, 2.45) is 0 Å². The molecule has 0 saturated heterocycles. The van der Waals surface area contributed by atoms with E-state index < -0.39 is 28.1 Å². The van der Waals surface area contributed by atoms with Crippen molar-refractivity contribution in [2.45, 2.75) is 58.3 Å². The second-order valence-electron chi connectivity index (χ2n) is 9.50. The van der Waals surface area contributed by atoms with Crippen molar-refractivity contribution < 1.29 is 29.2 Å². The summed E-state index contributed by atoms with van der Waals surface area (Å²) in [5.74, 6) is -1.53. The fourth-order valence-corrected chi connectivity index (χ4v) is 4.02. The van der Waals surface area contributed by atoms with E-state index >= 15 is 8.78 Å². The summed E-state index contributed by atoms with van der Waals surface area (Å²) in [7, 11) is 0. The monoisotopic (exact) mass is 552 g/mol. The van der Waals surface area contributed by atoms with E-state index in [0.717, 1.165) is 0 Å². The molecule has 0 aromatic carbocycles. The van der Waals surface area contributed by atoms with E-state index in [1.807, 2.05) is 13.8 Å². The van der Waals surface area contributed by atoms with Crippen LogP contribution in [0.15, 0.2) is 36.4 Å². The maximum atomic E-state index is 15.6. The Balaban J connectivity index is 0.00000274. The minimum Gasteiger partial charge on any atom is -0.450 e. The van der Waals surface area contributed by atoms with Gasteiger partial charge in [0.25, 0.3) is 0 Å². The van der Waals surface area contributed by atoms with E-state index in [9.17, 15) is 0 Å². The summed E-state index contributed by atoms with van der Waals surface area (Å²) in [6, 6.07) is 9.09. The van der Waals surface area contributed by atoms with Crippen LogP contribution < -0.4 is 0 Å². The van der Waals surface area contributed by atoms with Crippen LogP contribution in [0.5, 0.6) is 0 Å². The Morgan fingerprint density at radius 1 is 0.676 bits per heavy atom. The third kappa shape index (κ3) is 3.45. The number of fused-ring (bicyclic) bond motifs is 10. The molecule has 9 heteroatoms. The minimum absolute atomic E-state index is 0. The number of halogens is 2. The molecule has 0 fully saturated rings. The summed E-state index contributed by atoms with van der Waals surface area (Å²) in [5, 5.41) is 0. The van der Waals surface area contributed by atoms with Crippen LogP contribution in [0.2, 0.25) is 0 Å². The van der Waals surface area contributed by atoms with Crippen molar-refractivity contribution in [1.82, 2.24) is 29.1 Å². The van der Waals surface area contributed by atoms with E-state index in [4.69, 9.17) is 9.97 Å². The topological polar surface area (TPSA) is 61.4 Å². The SMILES string of the molecule is Cc1nc2[c-]n1-c1cccc(n1)C(F)(F)c1cccc(n1)-n1[c-]c(nc1C)C(C)(C)C2(C)C.[Pd+2]. The Morgan fingerprint density at radius 3 is 1.44 bits per heavy atom. The second-order valence-corrected chi connectivity index (χ2v) is 9.50. The van der Waals surface area contributed by atoms with Gasteiger partial charge in [0.05, 0.1) is 0 Å². The van der Waals surface area contributed by atoms with Gasteiger partial charge in [-0.3, -0.25) is 9.97 Å². The van der Waals surface area contributed by atoms with Crippen LogP contribution in [0.1, 0.15) is 62.1 Å². The van der Waals surface area contributed by atoms with Gasteiger partial charge in [0.15, 0.2) is 0 Å². The first-order chi connectivity index (χ1) is 15.4. The van der Waals surface area contributed by atoms with E-state index in [1.165, 1.54) is 12.1 Å². The molecule has 178 valence electrons. The molecular weight excluding hydrogens is 529 g/mol. The fourth-order valence-electron chi connectivity index (χ4n) is 4.02. The third-order valence-electron chi connectivity index (χ3n) is 6.95. The molecule has 4 aromatic rings. The standard InChI is InChI=1S/C25H24F2N6.Pd/c1-15-28-19-13-32(15)21-11-7-9-17(30-21)25(26,27)18-10-8-12-22(31-18)33-14-20(29-16(33)2)24(5,6)23(19,3)4;/h7-12H,1-6H3;/q-2;+2. The Bertz CT molecular complexity index is 1280. The molecule has 0 amide bonds. The number of aromatic nitrogens is 6. The maximum absolute atomic E-state index is 15.6. The second kappa shape index (κ2) is 7.89. The number of imidazole rings is 2. The third-order valence-corrected chi connectivity index (χ3v) is 6.95. The summed E-state index contributed by atoms with van der Waals surface area (Å²) in [6.45, 7) is 11.9. The molecule has 0 saturated carbocycles. The molecule has 0 unspecified atom stereocenters. The van der Waals surface area contributed by atoms with Crippen molar-refractivity contribution in [3.8, 4) is 11.6 Å². The first-order valence-electron chi connectivity index (χ1n) is 10.7. The summed E-state index contributed by atoms with van der Waals surface area (Å²) >= 11 is 0. The predicted octanol–water partition coefficient (Wildman–Crippen LogP) is 4.77. The largest absolute Gasteiger partial charge is 2.00 e. The molecule has 0 N–H and O–H groups in total. The molecule has 34 heavy (non-hydrogen) atoms. The van der Waals surface area contributed by atoms with E-state index in [-0.39, 0.29) is 20.4 Å². The normalized spacial score (nSPS) is 17.3. The predicted molar refractivity (Wildman–Crippen MR) is 119 cm³/mol. The molecule has 4 aromatic heterocycles. The number of aryl methyl sites for hydroxylation is 2. The summed E-state index contributed by atoms with van der Waals surface area (Å²) < 4.78 is 34.4. The summed E-state index contributed by atoms with van der Waals surface area (Å²) in [6.07, 6.45) is 6.58. The average Bonchev–Trinajstić information content (AvgIpc) is 3.37. The quantitative estimate of drug-likeness (QED) is 0.233. The summed E-state index contributed by atoms with van der Waals surface area (Å²) in [5.41, 5.74) is -0.427. The van der Waals surface area contributed by atoms with Crippen LogP contribution in [0, 0.1) is 26.2 Å². The van der Waals surface area contributed by atoms with Gasteiger partial charge >= 0.3 is 26.3 Å². The maximum Gasteiger partial charge on any atom is 2.00 e. The van der Waals surface area contributed by atoms with Gasteiger partial charge in [0, 0.05) is 34.1 Å². The van der Waals surface area contributed by atoms with Gasteiger partial charge in [-0.15, -0.1) is 0 Å². The number of nitrogens with zero attached hydrogens (tertiary/aromatic N) is 6. The molecule has 1 aliphatic heterocycles. The number of alkyl halides is 2. The van der Waals surface area contributed by atoms with Crippen LogP contribution in [-0.4, -0.2) is 29.1 Å². The van der Waals surface area contributed by atoms with Crippen molar-refractivity contribution in [3.05, 3.63) is 83.2 Å². The van der Waals surface area contributed by atoms with Crippen LogP contribution in [0.3, 0.4) is 0 Å². The molecule has 5 heterocycles. The Hall–Kier alpha value is -2.76. The van der Waals surface area contributed by atoms with E-state index in [1.54, 1.807) is 33.4 Å². The van der Waals surface area contributed by atoms with Crippen molar-refractivity contribution in [1.29, 1.82) is 0 Å². The van der Waals surface area contributed by atoms with Crippen LogP contribution >= 0.6 is 0 Å². The molecule has 0 aliphatic carbocycles. The van der Waals surface area contributed by atoms with Gasteiger partial charge in [-0.1, -0.05) is 78.2 Å². The Morgan fingerprint density at radius 2 is 1.06 bits per heavy atom. The molecule has 5 rings (SSSR count). The van der Waals surface area contributed by atoms with Gasteiger partial charge in [-0.2, -0.15) is 8.78 Å². The molecule has 0 radical (unpaired) electrons. The zero-order valence-electron chi connectivity index (χ0n) is 19.7. The number of hydrogen-bond acceptors (Lipinski definition) is 4. The van der Waals surface area contributed by atoms with Crippen molar-refractivity contribution in [2.75, 3.05) is 0 Å². The average molecular weight is 553 g/mol. The summed E-state index contributed by atoms with van der Waals surface area (Å²) in [4.78, 5) is 18.1. The van der Waals surface area contributed by atoms with Gasteiger partial charge < -0.3 is 19.1 Å². The number of hydrogen-bond donors (Lipinski definition) is 0. The Labute approximate surface area is 211 Å². The molecule has 6 nitrogen and oxygen atoms in total. The number of rotatable bonds is 0. The minimum atomic E-state index is -3.40. The molecule has 1 aliphatic rings. The van der Waals surface area contributed by atoms with Crippen molar-refractivity contribution >= 4 is 0 Å². The zero-order valence-corrected chi connectivity index (χ0v) is 21.3. The van der Waals surface area contributed by atoms with Crippen LogP contribution in [0.4, 0.5) is 8.78 Å². The van der Waals surface area contributed by atoms with E-state index in [0.29, 0.717) is 34.7 Å². The van der Waals surface area contributed by atoms with Gasteiger partial charge in [-0.05, 0) is 23.5 Å². The van der Waals surface area contributed by atoms with Gasteiger partial charge in [0.1, 0.15) is 11.4 Å². The van der Waals surface area contributed by atoms with Crippen LogP contribution in [0.25, 0.3) is 11.6 Å². The van der Waals surface area contributed by atoms with Crippen molar-refractivity contribution in [3.63, 3.8) is 0 Å². The van der Waals surface area contributed by atoms with E-state index in [2.05, 4.69) is 50.1 Å². The number of pyridine rings is 2. The molecule has 0 spiro atoms. The first kappa shape index (κ1) is 24.4. The molecule has 8 bridgehead atoms. The molecule has 0 atom stereocenters. The zero-order chi connectivity index (χ0) is 23.8. The smallest absolute Gasteiger partial charge is 0.450 e. The Kier molecular flexibility index (Phi) is 5.66. The van der Waals surface area contributed by atoms with Gasteiger partial charge in [0.2, 0.25) is 0 Å². The van der Waals surface area contributed by atoms with Gasteiger partial charge in [-0.25, -0.2) is 0 Å². The first-order valence-corrected chi connectivity index (χ1v) is 10.7. The fraction of sp³-hybridized carbons (Fsp3) is 0.360. The van der Waals surface area contributed by atoms with Crippen LogP contribution in [-0.2, 0) is 37.2 Å².